The van der Waals surface area contributed by atoms with Crippen molar-refractivity contribution in [1.29, 1.82) is 0 Å². The van der Waals surface area contributed by atoms with Gasteiger partial charge >= 0.3 is 5.97 Å². The number of hydrogen-bond donors (Lipinski definition) is 1. The van der Waals surface area contributed by atoms with Crippen LogP contribution >= 0.6 is 27.7 Å². The van der Waals surface area contributed by atoms with E-state index in [2.05, 4.69) is 20.9 Å². The van der Waals surface area contributed by atoms with Crippen LogP contribution in [0.3, 0.4) is 0 Å². The number of carboxylic acids is 1. The summed E-state index contributed by atoms with van der Waals surface area (Å²) < 4.78 is 0.940. The van der Waals surface area contributed by atoms with E-state index in [0.29, 0.717) is 6.42 Å². The molecule has 82 valence electrons. The second-order valence-electron chi connectivity index (χ2n) is 3.07. The first-order valence-electron chi connectivity index (χ1n) is 4.57. The average molecular weight is 290 g/mol. The van der Waals surface area contributed by atoms with Crippen molar-refractivity contribution in [2.24, 2.45) is 0 Å². The molecule has 0 saturated carbocycles. The molecule has 0 aliphatic rings. The van der Waals surface area contributed by atoms with E-state index in [-0.39, 0.29) is 0 Å². The van der Waals surface area contributed by atoms with E-state index in [4.69, 9.17) is 5.11 Å². The van der Waals surface area contributed by atoms with Gasteiger partial charge < -0.3 is 5.11 Å². The van der Waals surface area contributed by atoms with Crippen LogP contribution in [0, 0.1) is 6.92 Å². The van der Waals surface area contributed by atoms with E-state index >= 15 is 0 Å². The zero-order valence-corrected chi connectivity index (χ0v) is 10.9. The third-order valence-corrected chi connectivity index (χ3v) is 4.03. The van der Waals surface area contributed by atoms with Crippen LogP contribution in [0.5, 0.6) is 0 Å². The third-order valence-electron chi connectivity index (χ3n) is 1.91. The standard InChI is InChI=1S/C10H12BrNO2S/c1-3-8(10(13)14)15-9-5-4-7(11)6(2)12-9/h4-5,8H,3H2,1-2H3,(H,13,14). The number of hydrogen-bond acceptors (Lipinski definition) is 3. The van der Waals surface area contributed by atoms with Gasteiger partial charge in [-0.15, -0.1) is 0 Å². The minimum Gasteiger partial charge on any atom is -0.480 e. The summed E-state index contributed by atoms with van der Waals surface area (Å²) in [6.07, 6.45) is 0.594. The van der Waals surface area contributed by atoms with Gasteiger partial charge in [-0.1, -0.05) is 18.7 Å². The molecular weight excluding hydrogens is 278 g/mol. The van der Waals surface area contributed by atoms with Gasteiger partial charge in [-0.25, -0.2) is 4.98 Å². The van der Waals surface area contributed by atoms with Gasteiger partial charge in [0.05, 0.1) is 10.7 Å². The minimum absolute atomic E-state index is 0.418. The molecule has 0 spiro atoms. The lowest BCUT2D eigenvalue weighted by atomic mass is 10.3. The molecule has 0 fully saturated rings. The van der Waals surface area contributed by atoms with Crippen LogP contribution < -0.4 is 0 Å². The first kappa shape index (κ1) is 12.5. The average Bonchev–Trinajstić information content (AvgIpc) is 2.19. The van der Waals surface area contributed by atoms with Gasteiger partial charge in [0.2, 0.25) is 0 Å². The van der Waals surface area contributed by atoms with Gasteiger partial charge in [-0.3, -0.25) is 4.79 Å². The van der Waals surface area contributed by atoms with E-state index in [0.717, 1.165) is 15.2 Å². The number of aryl methyl sites for hydroxylation is 1. The SMILES string of the molecule is CCC(Sc1ccc(Br)c(C)n1)C(=O)O. The van der Waals surface area contributed by atoms with Crippen LogP contribution in [-0.4, -0.2) is 21.3 Å². The predicted molar refractivity (Wildman–Crippen MR) is 64.2 cm³/mol. The molecule has 0 amide bonds. The number of pyridine rings is 1. The smallest absolute Gasteiger partial charge is 0.317 e. The van der Waals surface area contributed by atoms with Crippen molar-refractivity contribution in [3.8, 4) is 0 Å². The molecule has 5 heteroatoms. The molecule has 1 heterocycles. The van der Waals surface area contributed by atoms with Crippen LogP contribution in [0.25, 0.3) is 0 Å². The number of nitrogens with zero attached hydrogens (tertiary/aromatic N) is 1. The number of carbonyl (C=O) groups is 1. The van der Waals surface area contributed by atoms with E-state index in [1.807, 2.05) is 26.0 Å². The fourth-order valence-electron chi connectivity index (χ4n) is 1.04. The largest absolute Gasteiger partial charge is 0.480 e. The van der Waals surface area contributed by atoms with Gasteiger partial charge in [-0.05, 0) is 41.4 Å². The molecule has 15 heavy (non-hydrogen) atoms. The van der Waals surface area contributed by atoms with Gasteiger partial charge in [0.1, 0.15) is 5.25 Å². The second kappa shape index (κ2) is 5.51. The number of aliphatic carboxylic acids is 1. The van der Waals surface area contributed by atoms with Crippen LogP contribution in [0.2, 0.25) is 0 Å². The van der Waals surface area contributed by atoms with Gasteiger partial charge in [0.25, 0.3) is 0 Å². The molecule has 0 radical (unpaired) electrons. The first-order chi connectivity index (χ1) is 7.04. The fraction of sp³-hybridized carbons (Fsp3) is 0.400. The monoisotopic (exact) mass is 289 g/mol. The Morgan fingerprint density at radius 3 is 2.80 bits per heavy atom. The topological polar surface area (TPSA) is 50.2 Å². The van der Waals surface area contributed by atoms with E-state index in [1.54, 1.807) is 0 Å². The molecule has 0 bridgehead atoms. The van der Waals surface area contributed by atoms with Crippen LogP contribution in [0.4, 0.5) is 0 Å². The van der Waals surface area contributed by atoms with Gasteiger partial charge in [-0.2, -0.15) is 0 Å². The molecule has 1 aromatic rings. The Morgan fingerprint density at radius 2 is 2.33 bits per heavy atom. The summed E-state index contributed by atoms with van der Waals surface area (Å²) in [6, 6.07) is 3.71. The maximum atomic E-state index is 10.8. The van der Waals surface area contributed by atoms with Crippen molar-refractivity contribution in [3.05, 3.63) is 22.3 Å². The molecular formula is C10H12BrNO2S. The first-order valence-corrected chi connectivity index (χ1v) is 6.24. The summed E-state index contributed by atoms with van der Waals surface area (Å²) >= 11 is 4.64. The summed E-state index contributed by atoms with van der Waals surface area (Å²) in [5.41, 5.74) is 0.875. The highest BCUT2D eigenvalue weighted by Crippen LogP contribution is 2.26. The minimum atomic E-state index is -0.787. The molecule has 0 aromatic carbocycles. The molecule has 0 aliphatic carbocycles. The van der Waals surface area contributed by atoms with Gasteiger partial charge in [0, 0.05) is 4.47 Å². The zero-order chi connectivity index (χ0) is 11.4. The lowest BCUT2D eigenvalue weighted by molar-refractivity contribution is -0.136. The normalized spacial score (nSPS) is 12.5. The van der Waals surface area contributed by atoms with Crippen LogP contribution in [0.1, 0.15) is 19.0 Å². The lowest BCUT2D eigenvalue weighted by Crippen LogP contribution is -2.14. The van der Waals surface area contributed by atoms with Crippen molar-refractivity contribution in [3.63, 3.8) is 0 Å². The van der Waals surface area contributed by atoms with Crippen LogP contribution in [-0.2, 0) is 4.79 Å². The summed E-state index contributed by atoms with van der Waals surface area (Å²) in [5, 5.41) is 9.24. The van der Waals surface area contributed by atoms with Crippen molar-refractivity contribution in [2.75, 3.05) is 0 Å². The van der Waals surface area contributed by atoms with Crippen LogP contribution in [0.15, 0.2) is 21.6 Å². The highest BCUT2D eigenvalue weighted by atomic mass is 79.9. The summed E-state index contributed by atoms with van der Waals surface area (Å²) in [6.45, 7) is 3.74. The molecule has 1 rings (SSSR count). The summed E-state index contributed by atoms with van der Waals surface area (Å²) in [7, 11) is 0. The van der Waals surface area contributed by atoms with E-state index in [9.17, 15) is 4.79 Å². The molecule has 3 nitrogen and oxygen atoms in total. The number of rotatable bonds is 4. The number of carboxylic acid groups (broad SMARTS) is 1. The van der Waals surface area contributed by atoms with E-state index in [1.165, 1.54) is 11.8 Å². The molecule has 1 unspecified atom stereocenters. The molecule has 0 aliphatic heterocycles. The quantitative estimate of drug-likeness (QED) is 0.866. The Balaban J connectivity index is 2.80. The maximum Gasteiger partial charge on any atom is 0.317 e. The molecule has 1 aromatic heterocycles. The molecule has 0 saturated heterocycles. The number of halogens is 1. The Labute approximate surface area is 101 Å². The van der Waals surface area contributed by atoms with Crippen molar-refractivity contribution in [1.82, 2.24) is 4.98 Å². The highest BCUT2D eigenvalue weighted by molar-refractivity contribution is 9.10. The maximum absolute atomic E-state index is 10.8. The summed E-state index contributed by atoms with van der Waals surface area (Å²) in [4.78, 5) is 15.1. The second-order valence-corrected chi connectivity index (χ2v) is 5.15. The van der Waals surface area contributed by atoms with E-state index < -0.39 is 11.2 Å². The van der Waals surface area contributed by atoms with Crippen molar-refractivity contribution in [2.45, 2.75) is 30.5 Å². The Kier molecular flexibility index (Phi) is 4.60. The lowest BCUT2D eigenvalue weighted by Gasteiger charge is -2.09. The number of thioether (sulfide) groups is 1. The molecule has 1 N–H and O–H groups in total. The predicted octanol–water partition coefficient (Wildman–Crippen LogP) is 3.11. The Hall–Kier alpha value is -0.550. The summed E-state index contributed by atoms with van der Waals surface area (Å²) in [5.74, 6) is -0.787. The highest BCUT2D eigenvalue weighted by Gasteiger charge is 2.17. The van der Waals surface area contributed by atoms with Gasteiger partial charge in [0.15, 0.2) is 0 Å². The van der Waals surface area contributed by atoms with Crippen molar-refractivity contribution < 1.29 is 9.90 Å². The number of aromatic nitrogens is 1. The van der Waals surface area contributed by atoms with Crippen molar-refractivity contribution >= 4 is 33.7 Å². The zero-order valence-electron chi connectivity index (χ0n) is 8.53. The third kappa shape index (κ3) is 3.50. The fourth-order valence-corrected chi connectivity index (χ4v) is 2.16. The Morgan fingerprint density at radius 1 is 1.67 bits per heavy atom. The molecule has 1 atom stereocenters. The Bertz CT molecular complexity index is 370.